The van der Waals surface area contributed by atoms with Crippen molar-refractivity contribution in [3.8, 4) is 0 Å². The number of aromatic amines is 1. The SMILES string of the molecule is CC(C)(C)S(=O)(=O)C[C@@H](Cc1ccccc1)C(=O)N[C@@H](Cc1cnc[nH]1)C(=O)N[C@@H](CC1CCCCC1)[C@@H](O)[C@@H](O)C1=CCCCC1. The Bertz CT molecular complexity index is 1410. The number of nitrogens with zero attached hydrogens (tertiary/aromatic N) is 1. The number of amides is 2. The lowest BCUT2D eigenvalue weighted by molar-refractivity contribution is -0.132. The Hall–Kier alpha value is -3.02. The van der Waals surface area contributed by atoms with Gasteiger partial charge in [-0.1, -0.05) is 68.5 Å². The quantitative estimate of drug-likeness (QED) is 0.178. The van der Waals surface area contributed by atoms with Crippen LogP contribution in [0.25, 0.3) is 0 Å². The van der Waals surface area contributed by atoms with Gasteiger partial charge in [-0.25, -0.2) is 13.4 Å². The van der Waals surface area contributed by atoms with Crippen LogP contribution in [0.15, 0.2) is 54.5 Å². The van der Waals surface area contributed by atoms with E-state index in [2.05, 4.69) is 20.6 Å². The molecule has 2 amide bonds. The Labute approximate surface area is 280 Å². The van der Waals surface area contributed by atoms with Crippen molar-refractivity contribution in [2.45, 2.75) is 127 Å². The number of rotatable bonds is 15. The fourth-order valence-corrected chi connectivity index (χ4v) is 7.97. The third-order valence-corrected chi connectivity index (χ3v) is 12.4. The minimum absolute atomic E-state index is 0.0849. The Balaban J connectivity index is 1.58. The second-order valence-corrected chi connectivity index (χ2v) is 17.2. The maximum Gasteiger partial charge on any atom is 0.243 e. The van der Waals surface area contributed by atoms with E-state index in [4.69, 9.17) is 0 Å². The summed E-state index contributed by atoms with van der Waals surface area (Å²) in [6.07, 6.45) is 12.4. The molecule has 47 heavy (non-hydrogen) atoms. The first-order valence-electron chi connectivity index (χ1n) is 17.2. The average Bonchev–Trinajstić information content (AvgIpc) is 3.57. The van der Waals surface area contributed by atoms with E-state index in [0.29, 0.717) is 24.5 Å². The van der Waals surface area contributed by atoms with Gasteiger partial charge in [0.1, 0.15) is 18.2 Å². The van der Waals surface area contributed by atoms with Gasteiger partial charge < -0.3 is 25.8 Å². The van der Waals surface area contributed by atoms with Gasteiger partial charge in [0.2, 0.25) is 11.8 Å². The smallest absolute Gasteiger partial charge is 0.243 e. The Kier molecular flexibility index (Phi) is 13.2. The molecule has 1 saturated carbocycles. The van der Waals surface area contributed by atoms with Crippen LogP contribution in [-0.2, 0) is 32.3 Å². The highest BCUT2D eigenvalue weighted by atomic mass is 32.2. The highest BCUT2D eigenvalue weighted by molar-refractivity contribution is 7.92. The molecule has 1 fully saturated rings. The number of benzene rings is 1. The monoisotopic (exact) mass is 670 g/mol. The van der Waals surface area contributed by atoms with E-state index in [1.165, 1.54) is 12.7 Å². The number of carbonyl (C=O) groups excluding carboxylic acids is 2. The predicted octanol–water partition coefficient (Wildman–Crippen LogP) is 4.19. The van der Waals surface area contributed by atoms with Gasteiger partial charge in [0, 0.05) is 18.3 Å². The molecule has 4 rings (SSSR count). The lowest BCUT2D eigenvalue weighted by Gasteiger charge is -2.34. The molecule has 0 unspecified atom stereocenters. The Morgan fingerprint density at radius 2 is 1.70 bits per heavy atom. The molecular weight excluding hydrogens is 616 g/mol. The van der Waals surface area contributed by atoms with Crippen molar-refractivity contribution in [3.63, 3.8) is 0 Å². The van der Waals surface area contributed by atoms with Crippen LogP contribution in [-0.4, -0.2) is 75.2 Å². The molecule has 2 aromatic rings. The highest BCUT2D eigenvalue weighted by Gasteiger charge is 2.37. The van der Waals surface area contributed by atoms with E-state index < -0.39 is 56.6 Å². The fourth-order valence-electron chi connectivity index (χ4n) is 6.68. The van der Waals surface area contributed by atoms with Gasteiger partial charge >= 0.3 is 0 Å². The van der Waals surface area contributed by atoms with E-state index in [9.17, 15) is 28.2 Å². The highest BCUT2D eigenvalue weighted by Crippen LogP contribution is 2.30. The summed E-state index contributed by atoms with van der Waals surface area (Å²) in [5.41, 5.74) is 2.23. The summed E-state index contributed by atoms with van der Waals surface area (Å²) in [4.78, 5) is 35.1. The first-order valence-corrected chi connectivity index (χ1v) is 18.9. The van der Waals surface area contributed by atoms with Crippen molar-refractivity contribution < 1.29 is 28.2 Å². The number of hydrogen-bond acceptors (Lipinski definition) is 7. The summed E-state index contributed by atoms with van der Waals surface area (Å²) in [7, 11) is -3.68. The fraction of sp³-hybridized carbons (Fsp3) is 0.639. The van der Waals surface area contributed by atoms with Crippen molar-refractivity contribution in [2.24, 2.45) is 11.8 Å². The van der Waals surface area contributed by atoms with E-state index in [0.717, 1.165) is 56.1 Å². The van der Waals surface area contributed by atoms with Crippen LogP contribution in [0.1, 0.15) is 96.2 Å². The first-order chi connectivity index (χ1) is 22.3. The zero-order valence-corrected chi connectivity index (χ0v) is 29.0. The van der Waals surface area contributed by atoms with Gasteiger partial charge in [0.05, 0.1) is 28.8 Å². The van der Waals surface area contributed by atoms with Gasteiger partial charge in [0.15, 0.2) is 9.84 Å². The molecule has 5 N–H and O–H groups in total. The van der Waals surface area contributed by atoms with Crippen LogP contribution in [0.4, 0.5) is 0 Å². The van der Waals surface area contributed by atoms with Crippen molar-refractivity contribution in [1.82, 2.24) is 20.6 Å². The third kappa shape index (κ3) is 10.7. The molecule has 0 bridgehead atoms. The van der Waals surface area contributed by atoms with Crippen LogP contribution in [0.2, 0.25) is 0 Å². The van der Waals surface area contributed by atoms with Crippen molar-refractivity contribution in [3.05, 3.63) is 65.8 Å². The van der Waals surface area contributed by atoms with Gasteiger partial charge in [-0.3, -0.25) is 9.59 Å². The summed E-state index contributed by atoms with van der Waals surface area (Å²) in [5, 5.41) is 28.6. The molecule has 260 valence electrons. The number of hydrogen-bond donors (Lipinski definition) is 5. The summed E-state index contributed by atoms with van der Waals surface area (Å²) in [6, 6.07) is 7.43. The second-order valence-electron chi connectivity index (χ2n) is 14.4. The maximum atomic E-state index is 14.1. The molecular formula is C36H54N4O6S. The van der Waals surface area contributed by atoms with Gasteiger partial charge in [-0.05, 0) is 76.4 Å². The van der Waals surface area contributed by atoms with Crippen molar-refractivity contribution >= 4 is 21.7 Å². The van der Waals surface area contributed by atoms with Crippen molar-refractivity contribution in [1.29, 1.82) is 0 Å². The molecule has 11 heteroatoms. The second kappa shape index (κ2) is 16.9. The molecule has 1 heterocycles. The molecule has 0 aliphatic heterocycles. The molecule has 2 aliphatic carbocycles. The standard InChI is InChI=1S/C36H54N4O6S/c1-36(2,3)47(45,46)23-28(19-25-13-7-4-8-14-25)34(43)40-31(21-29-22-37-24-38-29)35(44)39-30(20-26-15-9-5-10-16-26)33(42)32(41)27-17-11-6-12-18-27/h4,7-8,13-14,17,22,24,26,28,30-33,41-42H,5-6,9-12,15-16,18-21,23H2,1-3H3,(H,37,38)(H,39,44)(H,40,43)/t28-,30+,31+,32+,33-/m1/s1. The zero-order chi connectivity index (χ0) is 34.0. The number of nitrogens with one attached hydrogen (secondary N) is 3. The normalized spacial score (nSPS) is 19.6. The third-order valence-electron chi connectivity index (χ3n) is 9.74. The van der Waals surface area contributed by atoms with E-state index >= 15 is 0 Å². The number of imidazole rings is 1. The Morgan fingerprint density at radius 3 is 2.32 bits per heavy atom. The topological polar surface area (TPSA) is 161 Å². The minimum Gasteiger partial charge on any atom is -0.388 e. The van der Waals surface area contributed by atoms with E-state index in [-0.39, 0.29) is 18.6 Å². The van der Waals surface area contributed by atoms with Crippen LogP contribution < -0.4 is 10.6 Å². The van der Waals surface area contributed by atoms with Crippen LogP contribution in [0.5, 0.6) is 0 Å². The molecule has 2 aliphatic rings. The average molecular weight is 671 g/mol. The van der Waals surface area contributed by atoms with Crippen molar-refractivity contribution in [2.75, 3.05) is 5.75 Å². The van der Waals surface area contributed by atoms with E-state index in [1.54, 1.807) is 27.0 Å². The van der Waals surface area contributed by atoms with Gasteiger partial charge in [0.25, 0.3) is 0 Å². The summed E-state index contributed by atoms with van der Waals surface area (Å²) in [5.74, 6) is -2.06. The molecule has 0 radical (unpaired) electrons. The van der Waals surface area contributed by atoms with Gasteiger partial charge in [-0.2, -0.15) is 0 Å². The number of allylic oxidation sites excluding steroid dienone is 1. The molecule has 5 atom stereocenters. The summed E-state index contributed by atoms with van der Waals surface area (Å²) < 4.78 is 25.6. The number of sulfone groups is 1. The number of H-pyrrole nitrogens is 1. The largest absolute Gasteiger partial charge is 0.388 e. The first kappa shape index (κ1) is 36.8. The molecule has 0 spiro atoms. The predicted molar refractivity (Wildman–Crippen MR) is 183 cm³/mol. The lowest BCUT2D eigenvalue weighted by atomic mass is 9.81. The molecule has 0 saturated heterocycles. The van der Waals surface area contributed by atoms with Crippen LogP contribution in [0, 0.1) is 11.8 Å². The summed E-state index contributed by atoms with van der Waals surface area (Å²) in [6.45, 7) is 4.84. The zero-order valence-electron chi connectivity index (χ0n) is 28.2. The van der Waals surface area contributed by atoms with Crippen LogP contribution >= 0.6 is 0 Å². The number of carbonyl (C=O) groups is 2. The van der Waals surface area contributed by atoms with Crippen LogP contribution in [0.3, 0.4) is 0 Å². The molecule has 1 aromatic carbocycles. The molecule has 1 aromatic heterocycles. The number of aliphatic hydroxyl groups is 2. The lowest BCUT2D eigenvalue weighted by Crippen LogP contribution is -2.57. The number of aliphatic hydroxyl groups excluding tert-OH is 2. The minimum atomic E-state index is -3.68. The Morgan fingerprint density at radius 1 is 0.979 bits per heavy atom. The van der Waals surface area contributed by atoms with E-state index in [1.807, 2.05) is 36.4 Å². The maximum absolute atomic E-state index is 14.1. The summed E-state index contributed by atoms with van der Waals surface area (Å²) >= 11 is 0. The number of aromatic nitrogens is 2. The molecule has 10 nitrogen and oxygen atoms in total. The van der Waals surface area contributed by atoms with Gasteiger partial charge in [-0.15, -0.1) is 0 Å².